The Labute approximate surface area is 112 Å². The molecule has 1 atom stereocenters. The summed E-state index contributed by atoms with van der Waals surface area (Å²) in [5.74, 6) is -0.566. The second kappa shape index (κ2) is 4.18. The van der Waals surface area contributed by atoms with Gasteiger partial charge < -0.3 is 9.88 Å². The van der Waals surface area contributed by atoms with Gasteiger partial charge in [0.2, 0.25) is 0 Å². The molecule has 0 saturated carbocycles. The smallest absolute Gasteiger partial charge is 0.330 e. The Bertz CT molecular complexity index is 653. The summed E-state index contributed by atoms with van der Waals surface area (Å²) in [6.07, 6.45) is -4.46. The Morgan fingerprint density at radius 3 is 2.70 bits per heavy atom. The molecule has 108 valence electrons. The van der Waals surface area contributed by atoms with Gasteiger partial charge in [-0.2, -0.15) is 13.2 Å². The predicted molar refractivity (Wildman–Crippen MR) is 65.9 cm³/mol. The van der Waals surface area contributed by atoms with Crippen LogP contribution in [0.2, 0.25) is 0 Å². The number of aromatic nitrogens is 2. The average Bonchev–Trinajstić information content (AvgIpc) is 2.94. The summed E-state index contributed by atoms with van der Waals surface area (Å²) in [6, 6.07) is 3.83. The molecule has 2 aromatic rings. The molecule has 1 saturated heterocycles. The van der Waals surface area contributed by atoms with Crippen molar-refractivity contribution < 1.29 is 17.6 Å². The van der Waals surface area contributed by atoms with E-state index in [4.69, 9.17) is 0 Å². The van der Waals surface area contributed by atoms with Crippen LogP contribution in [0.1, 0.15) is 12.2 Å². The quantitative estimate of drug-likeness (QED) is 0.817. The maximum Gasteiger partial charge on any atom is 0.402 e. The van der Waals surface area contributed by atoms with Gasteiger partial charge in [0, 0.05) is 19.7 Å². The van der Waals surface area contributed by atoms with Gasteiger partial charge in [-0.1, -0.05) is 0 Å². The number of fused-ring (bicyclic) bond motifs is 1. The number of halogens is 4. The molecule has 0 aliphatic carbocycles. The number of aryl methyl sites for hydroxylation is 1. The van der Waals surface area contributed by atoms with E-state index in [0.717, 1.165) is 6.07 Å². The maximum absolute atomic E-state index is 13.5. The van der Waals surface area contributed by atoms with Crippen molar-refractivity contribution >= 4 is 11.0 Å². The van der Waals surface area contributed by atoms with Crippen molar-refractivity contribution in [3.05, 3.63) is 29.8 Å². The van der Waals surface area contributed by atoms with Gasteiger partial charge in [0.1, 0.15) is 17.1 Å². The molecule has 1 aromatic carbocycles. The zero-order valence-corrected chi connectivity index (χ0v) is 10.8. The van der Waals surface area contributed by atoms with Gasteiger partial charge in [-0.25, -0.2) is 9.37 Å². The van der Waals surface area contributed by atoms with Gasteiger partial charge in [-0.3, -0.25) is 0 Å². The molecule has 1 aromatic heterocycles. The zero-order valence-electron chi connectivity index (χ0n) is 10.8. The Hall–Kier alpha value is -1.63. The number of hydrogen-bond acceptors (Lipinski definition) is 2. The molecule has 20 heavy (non-hydrogen) atoms. The molecule has 0 bridgehead atoms. The van der Waals surface area contributed by atoms with Gasteiger partial charge in [0.05, 0.1) is 11.0 Å². The van der Waals surface area contributed by atoms with E-state index in [2.05, 4.69) is 10.3 Å². The minimum absolute atomic E-state index is 0.0594. The second-order valence-electron chi connectivity index (χ2n) is 5.13. The largest absolute Gasteiger partial charge is 0.402 e. The van der Waals surface area contributed by atoms with E-state index in [9.17, 15) is 17.6 Å². The van der Waals surface area contributed by atoms with Crippen molar-refractivity contribution in [2.45, 2.75) is 18.0 Å². The number of benzene rings is 1. The van der Waals surface area contributed by atoms with Crippen LogP contribution in [0.25, 0.3) is 11.0 Å². The summed E-state index contributed by atoms with van der Waals surface area (Å²) in [5, 5.41) is 2.75. The Balaban J connectivity index is 2.25. The van der Waals surface area contributed by atoms with Crippen LogP contribution < -0.4 is 5.32 Å². The molecule has 0 amide bonds. The van der Waals surface area contributed by atoms with Crippen molar-refractivity contribution in [3.8, 4) is 0 Å². The lowest BCUT2D eigenvalue weighted by atomic mass is 9.85. The molecule has 0 spiro atoms. The first-order valence-corrected chi connectivity index (χ1v) is 6.25. The lowest BCUT2D eigenvalue weighted by Crippen LogP contribution is -2.46. The molecular weight excluding hydrogens is 274 g/mol. The Kier molecular flexibility index (Phi) is 2.79. The Morgan fingerprint density at radius 1 is 1.35 bits per heavy atom. The molecule has 2 heterocycles. The van der Waals surface area contributed by atoms with E-state index < -0.39 is 17.4 Å². The van der Waals surface area contributed by atoms with E-state index in [1.54, 1.807) is 0 Å². The van der Waals surface area contributed by atoms with Crippen LogP contribution in [0.15, 0.2) is 18.2 Å². The fourth-order valence-electron chi connectivity index (χ4n) is 2.85. The Morgan fingerprint density at radius 2 is 2.10 bits per heavy atom. The van der Waals surface area contributed by atoms with Gasteiger partial charge in [-0.15, -0.1) is 0 Å². The molecule has 3 rings (SSSR count). The predicted octanol–water partition coefficient (Wildman–Crippen LogP) is 2.51. The van der Waals surface area contributed by atoms with Gasteiger partial charge in [-0.05, 0) is 25.1 Å². The SMILES string of the molecule is Cn1c(C2(C(F)(F)F)CCNC2)nc2cc(F)ccc21. The number of imidazole rings is 1. The molecule has 1 fully saturated rings. The summed E-state index contributed by atoms with van der Waals surface area (Å²) < 4.78 is 55.2. The summed E-state index contributed by atoms with van der Waals surface area (Å²) in [5.41, 5.74) is -1.26. The number of hydrogen-bond donors (Lipinski definition) is 1. The summed E-state index contributed by atoms with van der Waals surface area (Å²) in [4.78, 5) is 4.06. The topological polar surface area (TPSA) is 29.9 Å². The van der Waals surface area contributed by atoms with Crippen LogP contribution in [-0.4, -0.2) is 28.8 Å². The van der Waals surface area contributed by atoms with E-state index >= 15 is 0 Å². The minimum atomic E-state index is -4.40. The van der Waals surface area contributed by atoms with Gasteiger partial charge in [0.25, 0.3) is 0 Å². The summed E-state index contributed by atoms with van der Waals surface area (Å²) in [7, 11) is 1.54. The molecule has 7 heteroatoms. The molecule has 1 N–H and O–H groups in total. The van der Waals surface area contributed by atoms with E-state index in [0.29, 0.717) is 5.52 Å². The lowest BCUT2D eigenvalue weighted by molar-refractivity contribution is -0.187. The molecule has 3 nitrogen and oxygen atoms in total. The van der Waals surface area contributed by atoms with Crippen LogP contribution in [0, 0.1) is 5.82 Å². The second-order valence-corrected chi connectivity index (χ2v) is 5.13. The van der Waals surface area contributed by atoms with E-state index in [-0.39, 0.29) is 30.9 Å². The highest BCUT2D eigenvalue weighted by molar-refractivity contribution is 5.76. The van der Waals surface area contributed by atoms with Crippen LogP contribution in [0.4, 0.5) is 17.6 Å². The van der Waals surface area contributed by atoms with Crippen molar-refractivity contribution in [2.75, 3.05) is 13.1 Å². The number of alkyl halides is 3. The monoisotopic (exact) mass is 287 g/mol. The third kappa shape index (κ3) is 1.72. The normalized spacial score (nSPS) is 23.6. The minimum Gasteiger partial charge on any atom is -0.330 e. The summed E-state index contributed by atoms with van der Waals surface area (Å²) in [6.45, 7) is 0.0905. The summed E-state index contributed by atoms with van der Waals surface area (Å²) >= 11 is 0. The number of rotatable bonds is 1. The molecule has 1 aliphatic rings. The third-order valence-electron chi connectivity index (χ3n) is 3.97. The van der Waals surface area contributed by atoms with Crippen molar-refractivity contribution in [1.29, 1.82) is 0 Å². The van der Waals surface area contributed by atoms with Gasteiger partial charge >= 0.3 is 6.18 Å². The number of nitrogens with zero attached hydrogens (tertiary/aromatic N) is 2. The average molecular weight is 287 g/mol. The highest BCUT2D eigenvalue weighted by Crippen LogP contribution is 2.45. The van der Waals surface area contributed by atoms with Crippen LogP contribution >= 0.6 is 0 Å². The first-order chi connectivity index (χ1) is 9.35. The molecule has 0 radical (unpaired) electrons. The van der Waals surface area contributed by atoms with Crippen LogP contribution in [0.3, 0.4) is 0 Å². The van der Waals surface area contributed by atoms with Crippen molar-refractivity contribution in [2.24, 2.45) is 7.05 Å². The van der Waals surface area contributed by atoms with Crippen LogP contribution in [0.5, 0.6) is 0 Å². The first-order valence-electron chi connectivity index (χ1n) is 6.25. The maximum atomic E-state index is 13.5. The molecule has 1 aliphatic heterocycles. The number of nitrogens with one attached hydrogen (secondary N) is 1. The van der Waals surface area contributed by atoms with Crippen molar-refractivity contribution in [1.82, 2.24) is 14.9 Å². The zero-order chi connectivity index (χ0) is 14.5. The standard InChI is InChI=1S/C13H13F4N3/c1-20-10-3-2-8(14)6-9(10)19-11(20)12(13(15,16)17)4-5-18-7-12/h2-3,6,18H,4-5,7H2,1H3. The first kappa shape index (κ1) is 13.4. The molecular formula is C13H13F4N3. The van der Waals surface area contributed by atoms with Crippen LogP contribution in [-0.2, 0) is 12.5 Å². The highest BCUT2D eigenvalue weighted by atomic mass is 19.4. The lowest BCUT2D eigenvalue weighted by Gasteiger charge is -2.30. The van der Waals surface area contributed by atoms with Crippen molar-refractivity contribution in [3.63, 3.8) is 0 Å². The fraction of sp³-hybridized carbons (Fsp3) is 0.462. The molecule has 1 unspecified atom stereocenters. The third-order valence-corrected chi connectivity index (χ3v) is 3.97. The fourth-order valence-corrected chi connectivity index (χ4v) is 2.85. The van der Waals surface area contributed by atoms with Gasteiger partial charge in [0.15, 0.2) is 0 Å². The highest BCUT2D eigenvalue weighted by Gasteiger charge is 2.59. The van der Waals surface area contributed by atoms with E-state index in [1.165, 1.54) is 23.7 Å². The van der Waals surface area contributed by atoms with E-state index in [1.807, 2.05) is 0 Å².